The summed E-state index contributed by atoms with van der Waals surface area (Å²) < 4.78 is 68.7. The molecule has 0 aliphatic rings. The summed E-state index contributed by atoms with van der Waals surface area (Å²) in [7, 11) is -9.92. The lowest BCUT2D eigenvalue weighted by Crippen LogP contribution is -2.30. The highest BCUT2D eigenvalue weighted by molar-refractivity contribution is 7.47. The van der Waals surface area contributed by atoms with E-state index in [1.54, 1.807) is 0 Å². The Bertz CT molecular complexity index is 1920. The van der Waals surface area contributed by atoms with E-state index in [-0.39, 0.29) is 25.7 Å². The van der Waals surface area contributed by atoms with Crippen molar-refractivity contribution < 1.29 is 80.2 Å². The van der Waals surface area contributed by atoms with Gasteiger partial charge in [0.15, 0.2) is 12.2 Å². The molecule has 0 spiro atoms. The zero-order chi connectivity index (χ0) is 72.4. The van der Waals surface area contributed by atoms with Gasteiger partial charge >= 0.3 is 39.5 Å². The molecule has 19 heteroatoms. The van der Waals surface area contributed by atoms with Crippen molar-refractivity contribution in [1.82, 2.24) is 0 Å². The Balaban J connectivity index is 5.25. The number of phosphoric acid groups is 2. The zero-order valence-electron chi connectivity index (χ0n) is 64.4. The van der Waals surface area contributed by atoms with Crippen LogP contribution >= 0.6 is 15.6 Å². The molecule has 0 amide bonds. The molecule has 0 heterocycles. The molecule has 0 saturated heterocycles. The van der Waals surface area contributed by atoms with E-state index in [9.17, 15) is 43.2 Å². The summed E-state index contributed by atoms with van der Waals surface area (Å²) in [5.41, 5.74) is 0. The Morgan fingerprint density at radius 2 is 0.490 bits per heavy atom. The summed E-state index contributed by atoms with van der Waals surface area (Å²) >= 11 is 0. The first kappa shape index (κ1) is 96.1. The van der Waals surface area contributed by atoms with Crippen LogP contribution in [0.4, 0.5) is 0 Å². The fourth-order valence-electron chi connectivity index (χ4n) is 12.0. The minimum atomic E-state index is -4.96. The smallest absolute Gasteiger partial charge is 0.462 e. The van der Waals surface area contributed by atoms with Crippen LogP contribution in [0.2, 0.25) is 0 Å². The molecule has 0 aromatic rings. The van der Waals surface area contributed by atoms with Crippen LogP contribution in [0.25, 0.3) is 0 Å². The maximum absolute atomic E-state index is 13.1. The van der Waals surface area contributed by atoms with Crippen LogP contribution in [0.3, 0.4) is 0 Å². The van der Waals surface area contributed by atoms with Crippen LogP contribution < -0.4 is 0 Å². The van der Waals surface area contributed by atoms with E-state index < -0.39 is 97.5 Å². The van der Waals surface area contributed by atoms with E-state index in [1.807, 2.05) is 0 Å². The number of aliphatic hydroxyl groups excluding tert-OH is 1. The summed E-state index contributed by atoms with van der Waals surface area (Å²) in [5.74, 6) is 0.975. The largest absolute Gasteiger partial charge is 0.472 e. The lowest BCUT2D eigenvalue weighted by atomic mass is 10.00. The van der Waals surface area contributed by atoms with Gasteiger partial charge < -0.3 is 33.8 Å². The summed E-state index contributed by atoms with van der Waals surface area (Å²) in [6, 6.07) is 0. The number of hydrogen-bond donors (Lipinski definition) is 3. The Morgan fingerprint density at radius 1 is 0.286 bits per heavy atom. The highest BCUT2D eigenvalue weighted by Crippen LogP contribution is 2.45. The van der Waals surface area contributed by atoms with Gasteiger partial charge in [-0.3, -0.25) is 37.3 Å². The molecule has 0 fully saturated rings. The van der Waals surface area contributed by atoms with Gasteiger partial charge in [-0.2, -0.15) is 0 Å². The summed E-state index contributed by atoms with van der Waals surface area (Å²) in [5, 5.41) is 10.6. The highest BCUT2D eigenvalue weighted by Gasteiger charge is 2.30. The SMILES string of the molecule is CCC(C)CCCCCCCCC(=O)OC[C@H](COP(=O)(O)OC[C@H](O)COP(=O)(O)OC[C@@H](COC(=O)CCCCCCCCCCCCCCC(C)C)OC(=O)CCCCCCCCCCCCCCC(C)C)OC(=O)CCCCCCCCCCCCCCCCCC(C)C. The Morgan fingerprint density at radius 3 is 0.724 bits per heavy atom. The first-order valence-corrected chi connectivity index (χ1v) is 43.7. The molecule has 582 valence electrons. The van der Waals surface area contributed by atoms with Crippen molar-refractivity contribution in [3.8, 4) is 0 Å². The maximum Gasteiger partial charge on any atom is 0.472 e. The summed E-state index contributed by atoms with van der Waals surface area (Å²) in [4.78, 5) is 73.0. The molecule has 3 unspecified atom stereocenters. The van der Waals surface area contributed by atoms with Crippen LogP contribution in [0.1, 0.15) is 402 Å². The van der Waals surface area contributed by atoms with Crippen molar-refractivity contribution in [1.29, 1.82) is 0 Å². The van der Waals surface area contributed by atoms with Crippen LogP contribution in [-0.2, 0) is 65.4 Å². The van der Waals surface area contributed by atoms with Gasteiger partial charge in [0.1, 0.15) is 19.3 Å². The van der Waals surface area contributed by atoms with Crippen molar-refractivity contribution in [2.45, 2.75) is 420 Å². The fraction of sp³-hybridized carbons (Fsp3) is 0.949. The molecule has 0 aromatic carbocycles. The minimum Gasteiger partial charge on any atom is -0.462 e. The molecule has 0 aromatic heterocycles. The fourth-order valence-corrected chi connectivity index (χ4v) is 13.6. The average Bonchev–Trinajstić information content (AvgIpc) is 3.58. The first-order chi connectivity index (χ1) is 47.1. The summed E-state index contributed by atoms with van der Waals surface area (Å²) in [6.45, 7) is 14.2. The molecule has 0 aliphatic heterocycles. The van der Waals surface area contributed by atoms with Crippen LogP contribution in [0.15, 0.2) is 0 Å². The molecule has 6 atom stereocenters. The number of unbranched alkanes of at least 4 members (excludes halogenated alkanes) is 41. The molecule has 98 heavy (non-hydrogen) atoms. The van der Waals surface area contributed by atoms with Gasteiger partial charge in [-0.05, 0) is 49.4 Å². The predicted molar refractivity (Wildman–Crippen MR) is 400 cm³/mol. The second-order valence-electron chi connectivity index (χ2n) is 30.1. The number of hydrogen-bond acceptors (Lipinski definition) is 15. The molecular formula is C79H154O17P2. The van der Waals surface area contributed by atoms with Gasteiger partial charge in [0, 0.05) is 25.7 Å². The number of ether oxygens (including phenoxy) is 4. The number of carbonyl (C=O) groups is 4. The van der Waals surface area contributed by atoms with Crippen molar-refractivity contribution in [3.05, 3.63) is 0 Å². The van der Waals surface area contributed by atoms with Crippen LogP contribution in [0.5, 0.6) is 0 Å². The molecule has 0 rings (SSSR count). The lowest BCUT2D eigenvalue weighted by Gasteiger charge is -2.21. The molecule has 3 N–H and O–H groups in total. The first-order valence-electron chi connectivity index (χ1n) is 40.7. The van der Waals surface area contributed by atoms with Gasteiger partial charge in [-0.25, -0.2) is 9.13 Å². The van der Waals surface area contributed by atoms with Crippen LogP contribution in [-0.4, -0.2) is 96.7 Å². The number of carbonyl (C=O) groups excluding carboxylic acids is 4. The Hall–Kier alpha value is -1.94. The van der Waals surface area contributed by atoms with Gasteiger partial charge in [0.25, 0.3) is 0 Å². The van der Waals surface area contributed by atoms with Gasteiger partial charge in [-0.1, -0.05) is 351 Å². The molecule has 0 saturated carbocycles. The predicted octanol–water partition coefficient (Wildman–Crippen LogP) is 23.2. The maximum atomic E-state index is 13.1. The van der Waals surface area contributed by atoms with E-state index in [2.05, 4.69) is 55.4 Å². The third-order valence-corrected chi connectivity index (χ3v) is 20.6. The van der Waals surface area contributed by atoms with Gasteiger partial charge in [-0.15, -0.1) is 0 Å². The second kappa shape index (κ2) is 68.2. The molecule has 0 aliphatic carbocycles. The normalized spacial score (nSPS) is 14.3. The van der Waals surface area contributed by atoms with Gasteiger partial charge in [0.05, 0.1) is 26.4 Å². The van der Waals surface area contributed by atoms with E-state index in [1.165, 1.54) is 199 Å². The Kier molecular flexibility index (Phi) is 66.8. The van der Waals surface area contributed by atoms with Crippen molar-refractivity contribution in [2.24, 2.45) is 23.7 Å². The molecular weight excluding hydrogens is 1280 g/mol. The number of esters is 4. The Labute approximate surface area is 600 Å². The van der Waals surface area contributed by atoms with Gasteiger partial charge in [0.2, 0.25) is 0 Å². The number of rotatable bonds is 76. The standard InChI is InChI=1S/C79H154O17P2/c1-9-72(8)58-50-42-37-38-44-52-60-77(82)90-66-75(96-79(84)61-53-45-35-29-23-14-12-10-11-13-19-25-31-39-47-55-69(2)3)68-94-98(87,88)92-64-73(80)63-91-97(85,86)93-67-74(95-78(83)62-54-46-36-30-24-18-16-21-27-33-41-49-57-71(6)7)65-89-76(81)59-51-43-34-28-22-17-15-20-26-32-40-48-56-70(4)5/h69-75,80H,9-68H2,1-8H3,(H,85,86)(H,87,88)/t72?,73-,74-,75-/m1/s1. The topological polar surface area (TPSA) is 237 Å². The van der Waals surface area contributed by atoms with E-state index in [0.717, 1.165) is 120 Å². The minimum absolute atomic E-state index is 0.106. The zero-order valence-corrected chi connectivity index (χ0v) is 66.2. The molecule has 17 nitrogen and oxygen atoms in total. The van der Waals surface area contributed by atoms with E-state index in [4.69, 9.17) is 37.0 Å². The van der Waals surface area contributed by atoms with E-state index >= 15 is 0 Å². The number of aliphatic hydroxyl groups is 1. The monoisotopic (exact) mass is 1440 g/mol. The van der Waals surface area contributed by atoms with Crippen molar-refractivity contribution in [3.63, 3.8) is 0 Å². The number of phosphoric ester groups is 2. The lowest BCUT2D eigenvalue weighted by molar-refractivity contribution is -0.161. The summed E-state index contributed by atoms with van der Waals surface area (Å²) in [6.07, 6.45) is 54.1. The van der Waals surface area contributed by atoms with Crippen molar-refractivity contribution >= 4 is 39.5 Å². The van der Waals surface area contributed by atoms with Crippen molar-refractivity contribution in [2.75, 3.05) is 39.6 Å². The van der Waals surface area contributed by atoms with Crippen LogP contribution in [0, 0.1) is 23.7 Å². The second-order valence-corrected chi connectivity index (χ2v) is 33.0. The third kappa shape index (κ3) is 71.1. The quantitative estimate of drug-likeness (QED) is 0.0222. The van der Waals surface area contributed by atoms with E-state index in [0.29, 0.717) is 25.7 Å². The third-order valence-electron chi connectivity index (χ3n) is 18.7. The molecule has 0 bridgehead atoms. The average molecular weight is 1440 g/mol. The highest BCUT2D eigenvalue weighted by atomic mass is 31.2. The molecule has 0 radical (unpaired) electrons.